The molecule has 4 aromatic rings. The van der Waals surface area contributed by atoms with Crippen LogP contribution in [-0.2, 0) is 0 Å². The monoisotopic (exact) mass is 345 g/mol. The molecule has 0 fully saturated rings. The number of halogens is 1. The molecular formula is C21H16FN3O. The number of nitrogens with one attached hydrogen (secondary N) is 1. The molecular weight excluding hydrogens is 329 g/mol. The lowest BCUT2D eigenvalue weighted by atomic mass is 10.1. The van der Waals surface area contributed by atoms with E-state index in [-0.39, 0.29) is 5.82 Å². The summed E-state index contributed by atoms with van der Waals surface area (Å²) in [7, 11) is 1.62. The number of fused-ring (bicyclic) bond motifs is 1. The van der Waals surface area contributed by atoms with Crippen LogP contribution < -0.4 is 10.1 Å². The van der Waals surface area contributed by atoms with Gasteiger partial charge < -0.3 is 10.1 Å². The van der Waals surface area contributed by atoms with Crippen LogP contribution in [-0.4, -0.2) is 17.1 Å². The third-order valence-corrected chi connectivity index (χ3v) is 4.02. The van der Waals surface area contributed by atoms with Gasteiger partial charge in [0, 0.05) is 16.6 Å². The number of ether oxygens (including phenoxy) is 1. The van der Waals surface area contributed by atoms with Crippen LogP contribution in [0.4, 0.5) is 15.9 Å². The zero-order valence-corrected chi connectivity index (χ0v) is 14.1. The van der Waals surface area contributed by atoms with Gasteiger partial charge >= 0.3 is 0 Å². The normalized spacial score (nSPS) is 10.7. The van der Waals surface area contributed by atoms with Crippen LogP contribution in [0.5, 0.6) is 5.75 Å². The Morgan fingerprint density at radius 3 is 2.58 bits per heavy atom. The molecule has 1 N–H and O–H groups in total. The van der Waals surface area contributed by atoms with Crippen molar-refractivity contribution in [2.24, 2.45) is 0 Å². The number of benzene rings is 3. The van der Waals surface area contributed by atoms with E-state index in [1.807, 2.05) is 48.5 Å². The number of hydrogen-bond acceptors (Lipinski definition) is 4. The molecule has 0 saturated heterocycles. The average Bonchev–Trinajstić information content (AvgIpc) is 2.68. The van der Waals surface area contributed by atoms with Gasteiger partial charge in [-0.3, -0.25) is 0 Å². The van der Waals surface area contributed by atoms with E-state index in [9.17, 15) is 4.39 Å². The van der Waals surface area contributed by atoms with Crippen molar-refractivity contribution in [1.29, 1.82) is 0 Å². The van der Waals surface area contributed by atoms with Crippen LogP contribution in [0.15, 0.2) is 72.8 Å². The summed E-state index contributed by atoms with van der Waals surface area (Å²) in [6, 6.07) is 21.6. The molecule has 0 bridgehead atoms. The SMILES string of the molecule is COc1cccc(-c2nc(Nc3cccc(F)c3)c3ccccc3n2)c1. The molecule has 0 aliphatic heterocycles. The second-order valence-corrected chi connectivity index (χ2v) is 5.78. The maximum Gasteiger partial charge on any atom is 0.162 e. The van der Waals surface area contributed by atoms with E-state index in [1.54, 1.807) is 19.2 Å². The fraction of sp³-hybridized carbons (Fsp3) is 0.0476. The van der Waals surface area contributed by atoms with Crippen LogP contribution in [0.1, 0.15) is 0 Å². The van der Waals surface area contributed by atoms with E-state index >= 15 is 0 Å². The van der Waals surface area contributed by atoms with E-state index in [0.717, 1.165) is 22.2 Å². The zero-order valence-electron chi connectivity index (χ0n) is 14.1. The van der Waals surface area contributed by atoms with Crippen LogP contribution in [0.2, 0.25) is 0 Å². The van der Waals surface area contributed by atoms with Gasteiger partial charge in [0.15, 0.2) is 5.82 Å². The molecule has 0 spiro atoms. The summed E-state index contributed by atoms with van der Waals surface area (Å²) in [5, 5.41) is 4.07. The highest BCUT2D eigenvalue weighted by Crippen LogP contribution is 2.28. The molecule has 0 amide bonds. The van der Waals surface area contributed by atoms with E-state index in [0.29, 0.717) is 17.3 Å². The second-order valence-electron chi connectivity index (χ2n) is 5.78. The Kier molecular flexibility index (Phi) is 4.19. The summed E-state index contributed by atoms with van der Waals surface area (Å²) >= 11 is 0. The number of hydrogen-bond donors (Lipinski definition) is 1. The zero-order chi connectivity index (χ0) is 17.9. The van der Waals surface area contributed by atoms with Crippen molar-refractivity contribution in [1.82, 2.24) is 9.97 Å². The smallest absolute Gasteiger partial charge is 0.162 e. The molecule has 0 atom stereocenters. The first-order chi connectivity index (χ1) is 12.7. The van der Waals surface area contributed by atoms with Crippen molar-refractivity contribution < 1.29 is 9.13 Å². The van der Waals surface area contributed by atoms with Gasteiger partial charge in [0.05, 0.1) is 12.6 Å². The van der Waals surface area contributed by atoms with Gasteiger partial charge in [0.1, 0.15) is 17.4 Å². The molecule has 0 saturated carbocycles. The number of nitrogens with zero attached hydrogens (tertiary/aromatic N) is 2. The lowest BCUT2D eigenvalue weighted by Gasteiger charge is -2.11. The molecule has 4 nitrogen and oxygen atoms in total. The van der Waals surface area contributed by atoms with Crippen molar-refractivity contribution >= 4 is 22.4 Å². The first kappa shape index (κ1) is 16.0. The van der Waals surface area contributed by atoms with E-state index in [2.05, 4.69) is 15.3 Å². The summed E-state index contributed by atoms with van der Waals surface area (Å²) in [5.74, 6) is 1.63. The van der Waals surface area contributed by atoms with Gasteiger partial charge in [0.2, 0.25) is 0 Å². The molecule has 5 heteroatoms. The van der Waals surface area contributed by atoms with Gasteiger partial charge in [-0.25, -0.2) is 14.4 Å². The average molecular weight is 345 g/mol. The molecule has 128 valence electrons. The Morgan fingerprint density at radius 2 is 1.73 bits per heavy atom. The Labute approximate surface area is 150 Å². The fourth-order valence-electron chi connectivity index (χ4n) is 2.77. The van der Waals surface area contributed by atoms with Gasteiger partial charge in [0.25, 0.3) is 0 Å². The van der Waals surface area contributed by atoms with E-state index < -0.39 is 0 Å². The third-order valence-electron chi connectivity index (χ3n) is 4.02. The minimum Gasteiger partial charge on any atom is -0.497 e. The van der Waals surface area contributed by atoms with E-state index in [1.165, 1.54) is 12.1 Å². The summed E-state index contributed by atoms with van der Waals surface area (Å²) in [6.07, 6.45) is 0. The Hall–Kier alpha value is -3.47. The molecule has 0 aliphatic carbocycles. The summed E-state index contributed by atoms with van der Waals surface area (Å²) in [6.45, 7) is 0. The lowest BCUT2D eigenvalue weighted by molar-refractivity contribution is 0.415. The van der Waals surface area contributed by atoms with Crippen molar-refractivity contribution in [3.8, 4) is 17.1 Å². The highest BCUT2D eigenvalue weighted by Gasteiger charge is 2.10. The fourth-order valence-corrected chi connectivity index (χ4v) is 2.77. The maximum atomic E-state index is 13.5. The molecule has 1 aromatic heterocycles. The topological polar surface area (TPSA) is 47.0 Å². The number of aromatic nitrogens is 2. The van der Waals surface area contributed by atoms with Gasteiger partial charge in [-0.15, -0.1) is 0 Å². The predicted octanol–water partition coefficient (Wildman–Crippen LogP) is 5.19. The summed E-state index contributed by atoms with van der Waals surface area (Å²) in [4.78, 5) is 9.33. The first-order valence-electron chi connectivity index (χ1n) is 8.17. The van der Waals surface area contributed by atoms with Crippen LogP contribution in [0.3, 0.4) is 0 Å². The standard InChI is InChI=1S/C21H16FN3O/c1-26-17-9-4-6-14(12-17)20-24-19-11-3-2-10-18(19)21(25-20)23-16-8-5-7-15(22)13-16/h2-13H,1H3,(H,23,24,25). The molecule has 3 aromatic carbocycles. The van der Waals surface area contributed by atoms with Gasteiger partial charge in [-0.1, -0.05) is 30.3 Å². The van der Waals surface area contributed by atoms with Crippen molar-refractivity contribution in [3.05, 3.63) is 78.6 Å². The van der Waals surface area contributed by atoms with Gasteiger partial charge in [-0.05, 0) is 42.5 Å². The molecule has 0 aliphatic rings. The first-order valence-corrected chi connectivity index (χ1v) is 8.17. The highest BCUT2D eigenvalue weighted by atomic mass is 19.1. The summed E-state index contributed by atoms with van der Waals surface area (Å²) in [5.41, 5.74) is 2.28. The Balaban J connectivity index is 1.85. The van der Waals surface area contributed by atoms with E-state index in [4.69, 9.17) is 4.74 Å². The lowest BCUT2D eigenvalue weighted by Crippen LogP contribution is -1.99. The number of para-hydroxylation sites is 1. The molecule has 0 radical (unpaired) electrons. The number of methoxy groups -OCH3 is 1. The van der Waals surface area contributed by atoms with Crippen LogP contribution >= 0.6 is 0 Å². The Morgan fingerprint density at radius 1 is 0.885 bits per heavy atom. The molecule has 4 rings (SSSR count). The number of rotatable bonds is 4. The molecule has 0 unspecified atom stereocenters. The van der Waals surface area contributed by atoms with Crippen molar-refractivity contribution in [3.63, 3.8) is 0 Å². The molecule has 1 heterocycles. The number of anilines is 2. The van der Waals surface area contributed by atoms with Crippen LogP contribution in [0, 0.1) is 5.82 Å². The maximum absolute atomic E-state index is 13.5. The highest BCUT2D eigenvalue weighted by molar-refractivity contribution is 5.92. The third kappa shape index (κ3) is 3.19. The summed E-state index contributed by atoms with van der Waals surface area (Å²) < 4.78 is 18.8. The van der Waals surface area contributed by atoms with Gasteiger partial charge in [-0.2, -0.15) is 0 Å². The Bertz CT molecular complexity index is 1080. The van der Waals surface area contributed by atoms with Crippen molar-refractivity contribution in [2.75, 3.05) is 12.4 Å². The minimum atomic E-state index is -0.304. The van der Waals surface area contributed by atoms with Crippen LogP contribution in [0.25, 0.3) is 22.3 Å². The van der Waals surface area contributed by atoms with Crippen molar-refractivity contribution in [2.45, 2.75) is 0 Å². The minimum absolute atomic E-state index is 0.304. The predicted molar refractivity (Wildman–Crippen MR) is 101 cm³/mol. The second kappa shape index (κ2) is 6.80. The quantitative estimate of drug-likeness (QED) is 0.553. The largest absolute Gasteiger partial charge is 0.497 e. The molecule has 26 heavy (non-hydrogen) atoms.